The Labute approximate surface area is 125 Å². The van der Waals surface area contributed by atoms with E-state index >= 15 is 0 Å². The van der Waals surface area contributed by atoms with Crippen molar-refractivity contribution < 1.29 is 9.63 Å². The number of carbonyl (C=O) groups is 1. The van der Waals surface area contributed by atoms with Gasteiger partial charge >= 0.3 is 0 Å². The number of hydrogen-bond donors (Lipinski definition) is 0. The van der Waals surface area contributed by atoms with Gasteiger partial charge in [0.25, 0.3) is 0 Å². The van der Waals surface area contributed by atoms with E-state index < -0.39 is 0 Å². The van der Waals surface area contributed by atoms with Crippen LogP contribution in [0.15, 0.2) is 5.16 Å². The monoisotopic (exact) mass is 283 g/mol. The zero-order valence-electron chi connectivity index (χ0n) is 14.3. The Bertz CT molecular complexity index is 301. The maximum absolute atomic E-state index is 11.4. The van der Waals surface area contributed by atoms with Crippen molar-refractivity contribution in [1.29, 1.82) is 0 Å². The Morgan fingerprint density at radius 1 is 1.10 bits per heavy atom. The van der Waals surface area contributed by atoms with Crippen LogP contribution in [0.4, 0.5) is 0 Å². The van der Waals surface area contributed by atoms with Gasteiger partial charge in [-0.15, -0.1) is 0 Å². The van der Waals surface area contributed by atoms with Gasteiger partial charge in [0.05, 0.1) is 5.71 Å². The molecular formula is C17H33NO2. The summed E-state index contributed by atoms with van der Waals surface area (Å²) < 4.78 is 0. The van der Waals surface area contributed by atoms with Crippen LogP contribution in [-0.4, -0.2) is 18.1 Å². The van der Waals surface area contributed by atoms with Crippen molar-refractivity contribution in [2.24, 2.45) is 16.5 Å². The second kappa shape index (κ2) is 9.95. The molecule has 20 heavy (non-hydrogen) atoms. The van der Waals surface area contributed by atoms with Crippen molar-refractivity contribution >= 4 is 11.5 Å². The van der Waals surface area contributed by atoms with Gasteiger partial charge < -0.3 is 4.84 Å². The number of Topliss-reactive ketones (excluding diaryl/α,β-unsaturated/α-hetero) is 1. The second-order valence-electron chi connectivity index (χ2n) is 7.15. The summed E-state index contributed by atoms with van der Waals surface area (Å²) in [6, 6.07) is 0. The van der Waals surface area contributed by atoms with Crippen molar-refractivity contribution in [1.82, 2.24) is 0 Å². The van der Waals surface area contributed by atoms with Gasteiger partial charge in [0.2, 0.25) is 0 Å². The molecule has 0 aliphatic rings. The van der Waals surface area contributed by atoms with Crippen molar-refractivity contribution in [3.05, 3.63) is 0 Å². The minimum Gasteiger partial charge on any atom is -0.396 e. The zero-order valence-corrected chi connectivity index (χ0v) is 14.3. The Balaban J connectivity index is 3.54. The summed E-state index contributed by atoms with van der Waals surface area (Å²) in [5, 5.41) is 4.14. The van der Waals surface area contributed by atoms with E-state index in [2.05, 4.69) is 25.9 Å². The molecule has 0 saturated heterocycles. The van der Waals surface area contributed by atoms with Crippen LogP contribution >= 0.6 is 0 Å². The molecule has 0 saturated carbocycles. The number of carbonyl (C=O) groups excluding carboxylic acids is 1. The summed E-state index contributed by atoms with van der Waals surface area (Å²) in [7, 11) is 0. The Morgan fingerprint density at radius 3 is 2.30 bits per heavy atom. The van der Waals surface area contributed by atoms with Crippen molar-refractivity contribution in [3.63, 3.8) is 0 Å². The molecule has 0 aliphatic heterocycles. The first-order valence-electron chi connectivity index (χ1n) is 7.90. The van der Waals surface area contributed by atoms with Crippen LogP contribution in [0.2, 0.25) is 0 Å². The summed E-state index contributed by atoms with van der Waals surface area (Å²) >= 11 is 0. The summed E-state index contributed by atoms with van der Waals surface area (Å²) in [6.07, 6.45) is 5.80. The molecule has 0 aliphatic carbocycles. The zero-order chi connectivity index (χ0) is 15.6. The largest absolute Gasteiger partial charge is 0.396 e. The molecule has 0 rings (SSSR count). The third-order valence-electron chi connectivity index (χ3n) is 3.26. The van der Waals surface area contributed by atoms with Crippen LogP contribution in [0.25, 0.3) is 0 Å². The molecule has 3 nitrogen and oxygen atoms in total. The van der Waals surface area contributed by atoms with Crippen LogP contribution in [0.5, 0.6) is 0 Å². The molecule has 0 aromatic heterocycles. The predicted molar refractivity (Wildman–Crippen MR) is 86.1 cm³/mol. The van der Waals surface area contributed by atoms with Crippen LogP contribution < -0.4 is 0 Å². The average molecular weight is 283 g/mol. The number of unbranched alkanes of at least 4 members (excludes halogenated alkanes) is 2. The van der Waals surface area contributed by atoms with Gasteiger partial charge in [0, 0.05) is 12.3 Å². The SMILES string of the molecule is C/C(CCC(C)(C)C)=N\OCCCCCC(=O)C(C)C. The fraction of sp³-hybridized carbons (Fsp3) is 0.882. The van der Waals surface area contributed by atoms with E-state index in [1.807, 2.05) is 20.8 Å². The maximum atomic E-state index is 11.4. The first-order valence-corrected chi connectivity index (χ1v) is 7.90. The van der Waals surface area contributed by atoms with Crippen molar-refractivity contribution in [2.75, 3.05) is 6.61 Å². The number of nitrogens with zero attached hydrogens (tertiary/aromatic N) is 1. The molecule has 118 valence electrons. The Hall–Kier alpha value is -0.860. The van der Waals surface area contributed by atoms with Crippen LogP contribution in [0.1, 0.15) is 80.1 Å². The van der Waals surface area contributed by atoms with E-state index in [-0.39, 0.29) is 5.92 Å². The molecule has 0 radical (unpaired) electrons. The minimum absolute atomic E-state index is 0.168. The summed E-state index contributed by atoms with van der Waals surface area (Å²) in [6.45, 7) is 13.3. The molecule has 0 fully saturated rings. The third kappa shape index (κ3) is 12.2. The smallest absolute Gasteiger partial charge is 0.135 e. The van der Waals surface area contributed by atoms with Crippen LogP contribution in [0.3, 0.4) is 0 Å². The fourth-order valence-electron chi connectivity index (χ4n) is 1.69. The lowest BCUT2D eigenvalue weighted by Crippen LogP contribution is -2.07. The molecule has 0 amide bonds. The van der Waals surface area contributed by atoms with Crippen molar-refractivity contribution in [2.45, 2.75) is 80.1 Å². The molecule has 0 bridgehead atoms. The predicted octanol–water partition coefficient (Wildman–Crippen LogP) is 4.99. The quantitative estimate of drug-likeness (QED) is 0.322. The van der Waals surface area contributed by atoms with Gasteiger partial charge in [-0.2, -0.15) is 0 Å². The highest BCUT2D eigenvalue weighted by Gasteiger charge is 2.10. The molecule has 0 unspecified atom stereocenters. The highest BCUT2D eigenvalue weighted by molar-refractivity contribution is 5.81. The molecule has 0 N–H and O–H groups in total. The summed E-state index contributed by atoms with van der Waals surface area (Å²) in [5.41, 5.74) is 1.41. The van der Waals surface area contributed by atoms with Crippen LogP contribution in [0, 0.1) is 11.3 Å². The van der Waals surface area contributed by atoms with Gasteiger partial charge in [0.1, 0.15) is 12.4 Å². The van der Waals surface area contributed by atoms with E-state index in [4.69, 9.17) is 4.84 Å². The average Bonchev–Trinajstić information content (AvgIpc) is 2.33. The lowest BCUT2D eigenvalue weighted by Gasteiger charge is -2.17. The lowest BCUT2D eigenvalue weighted by atomic mass is 9.90. The highest BCUT2D eigenvalue weighted by atomic mass is 16.6. The third-order valence-corrected chi connectivity index (χ3v) is 3.26. The second-order valence-corrected chi connectivity index (χ2v) is 7.15. The topological polar surface area (TPSA) is 38.7 Å². The summed E-state index contributed by atoms with van der Waals surface area (Å²) in [5.74, 6) is 0.531. The molecule has 0 aromatic rings. The summed E-state index contributed by atoms with van der Waals surface area (Å²) in [4.78, 5) is 16.7. The Kier molecular flexibility index (Phi) is 9.52. The first kappa shape index (κ1) is 19.1. The van der Waals surface area contributed by atoms with Crippen molar-refractivity contribution in [3.8, 4) is 0 Å². The number of ketones is 1. The highest BCUT2D eigenvalue weighted by Crippen LogP contribution is 2.20. The molecular weight excluding hydrogens is 250 g/mol. The van der Waals surface area contributed by atoms with E-state index in [1.54, 1.807) is 0 Å². The number of hydrogen-bond acceptors (Lipinski definition) is 3. The lowest BCUT2D eigenvalue weighted by molar-refractivity contribution is -0.122. The van der Waals surface area contributed by atoms with Gasteiger partial charge in [-0.1, -0.05) is 39.8 Å². The number of oxime groups is 1. The van der Waals surface area contributed by atoms with E-state index in [0.717, 1.165) is 37.8 Å². The maximum Gasteiger partial charge on any atom is 0.135 e. The number of rotatable bonds is 10. The van der Waals surface area contributed by atoms with E-state index in [9.17, 15) is 4.79 Å². The Morgan fingerprint density at radius 2 is 1.75 bits per heavy atom. The fourth-order valence-corrected chi connectivity index (χ4v) is 1.69. The normalized spacial score (nSPS) is 12.8. The minimum atomic E-state index is 0.168. The molecule has 0 aromatic carbocycles. The van der Waals surface area contributed by atoms with Gasteiger partial charge in [0.15, 0.2) is 0 Å². The van der Waals surface area contributed by atoms with E-state index in [0.29, 0.717) is 24.2 Å². The van der Waals surface area contributed by atoms with E-state index in [1.165, 1.54) is 0 Å². The molecule has 3 heteroatoms. The van der Waals surface area contributed by atoms with Crippen LogP contribution in [-0.2, 0) is 9.63 Å². The van der Waals surface area contributed by atoms with Gasteiger partial charge in [-0.25, -0.2) is 0 Å². The molecule has 0 heterocycles. The first-order chi connectivity index (χ1) is 9.22. The molecule has 0 spiro atoms. The molecule has 0 atom stereocenters. The standard InChI is InChI=1S/C17H33NO2/c1-14(2)16(19)10-8-7-9-13-20-18-15(3)11-12-17(4,5)6/h14H,7-13H2,1-6H3/b18-15+. The van der Waals surface area contributed by atoms with Gasteiger partial charge in [-0.3, -0.25) is 4.79 Å². The van der Waals surface area contributed by atoms with Gasteiger partial charge in [-0.05, 0) is 44.4 Å².